The number of carbonyl (C=O) groups is 1. The van der Waals surface area contributed by atoms with Crippen LogP contribution >= 0.6 is 0 Å². The van der Waals surface area contributed by atoms with Gasteiger partial charge in [0.05, 0.1) is 6.20 Å². The molecule has 5 heteroatoms. The van der Waals surface area contributed by atoms with Crippen molar-refractivity contribution < 1.29 is 4.79 Å². The molecule has 2 aromatic rings. The molecule has 2 heterocycles. The van der Waals surface area contributed by atoms with E-state index >= 15 is 0 Å². The maximum Gasteiger partial charge on any atom is 0.254 e. The van der Waals surface area contributed by atoms with Gasteiger partial charge in [0.15, 0.2) is 0 Å². The Bertz CT molecular complexity index is 737. The van der Waals surface area contributed by atoms with E-state index in [1.165, 1.54) is 0 Å². The van der Waals surface area contributed by atoms with E-state index in [4.69, 9.17) is 5.73 Å². The zero-order valence-electron chi connectivity index (χ0n) is 14.7. The summed E-state index contributed by atoms with van der Waals surface area (Å²) in [6.07, 6.45) is 5.92. The molecule has 1 saturated heterocycles. The third-order valence-corrected chi connectivity index (χ3v) is 5.04. The fourth-order valence-corrected chi connectivity index (χ4v) is 3.66. The van der Waals surface area contributed by atoms with Gasteiger partial charge in [-0.25, -0.2) is 0 Å². The van der Waals surface area contributed by atoms with Gasteiger partial charge in [0.25, 0.3) is 5.91 Å². The highest BCUT2D eigenvalue weighted by molar-refractivity contribution is 6.01. The molecule has 5 nitrogen and oxygen atoms in total. The first-order valence-electron chi connectivity index (χ1n) is 8.62. The molecule has 2 N–H and O–H groups in total. The molecule has 128 valence electrons. The van der Waals surface area contributed by atoms with E-state index in [-0.39, 0.29) is 11.9 Å². The predicted molar refractivity (Wildman–Crippen MR) is 95.7 cm³/mol. The highest BCUT2D eigenvalue weighted by Gasteiger charge is 2.32. The number of piperidine rings is 1. The van der Waals surface area contributed by atoms with Crippen molar-refractivity contribution in [2.75, 3.05) is 13.1 Å². The zero-order valence-corrected chi connectivity index (χ0v) is 14.7. The number of hydrogen-bond acceptors (Lipinski definition) is 3. The number of nitrogens with two attached hydrogens (primary N) is 1. The van der Waals surface area contributed by atoms with Gasteiger partial charge in [-0.3, -0.25) is 9.48 Å². The Morgan fingerprint density at radius 2 is 2.21 bits per heavy atom. The maximum absolute atomic E-state index is 13.3. The fourth-order valence-electron chi connectivity index (χ4n) is 3.66. The Balaban J connectivity index is 2.01. The van der Waals surface area contributed by atoms with Gasteiger partial charge in [-0.15, -0.1) is 0 Å². The van der Waals surface area contributed by atoms with Gasteiger partial charge < -0.3 is 10.6 Å². The molecule has 0 aliphatic carbocycles. The third kappa shape index (κ3) is 3.08. The lowest BCUT2D eigenvalue weighted by molar-refractivity contribution is 0.0533. The molecule has 1 amide bonds. The number of carbonyl (C=O) groups excluding carboxylic acids is 1. The highest BCUT2D eigenvalue weighted by atomic mass is 16.2. The Hall–Kier alpha value is -2.14. The average molecular weight is 326 g/mol. The van der Waals surface area contributed by atoms with Gasteiger partial charge in [-0.05, 0) is 37.3 Å². The molecule has 0 bridgehead atoms. The molecule has 2 atom stereocenters. The van der Waals surface area contributed by atoms with Crippen LogP contribution in [0.5, 0.6) is 0 Å². The van der Waals surface area contributed by atoms with Crippen molar-refractivity contribution >= 4 is 5.91 Å². The summed E-state index contributed by atoms with van der Waals surface area (Å²) in [5.41, 5.74) is 9.71. The van der Waals surface area contributed by atoms with Crippen LogP contribution in [0.3, 0.4) is 0 Å². The van der Waals surface area contributed by atoms with Gasteiger partial charge in [-0.1, -0.05) is 24.6 Å². The maximum atomic E-state index is 13.3. The zero-order chi connectivity index (χ0) is 17.3. The largest absolute Gasteiger partial charge is 0.334 e. The van der Waals surface area contributed by atoms with Crippen molar-refractivity contribution in [1.29, 1.82) is 0 Å². The van der Waals surface area contributed by atoms with Crippen molar-refractivity contribution in [3.63, 3.8) is 0 Å². The van der Waals surface area contributed by atoms with Crippen LogP contribution in [-0.2, 0) is 7.05 Å². The first-order chi connectivity index (χ1) is 11.5. The summed E-state index contributed by atoms with van der Waals surface area (Å²) in [5, 5.41) is 4.24. The minimum absolute atomic E-state index is 0.0829. The number of rotatable bonds is 3. The molecular formula is C19H26N4O. The molecule has 1 aliphatic heterocycles. The lowest BCUT2D eigenvalue weighted by Gasteiger charge is -2.39. The van der Waals surface area contributed by atoms with Crippen LogP contribution in [0.1, 0.15) is 35.7 Å². The standard InChI is InChI=1S/C19H26N4O/c1-13-6-7-16(15-11-21-22(3)12-15)17(9-13)19(24)23-8-4-5-14(2)18(23)10-20/h6-7,9,11-12,14,18H,4-5,8,10,20H2,1-3H3. The second-order valence-corrected chi connectivity index (χ2v) is 6.87. The van der Waals surface area contributed by atoms with Crippen LogP contribution < -0.4 is 5.73 Å². The van der Waals surface area contributed by atoms with Gasteiger partial charge in [0.2, 0.25) is 0 Å². The summed E-state index contributed by atoms with van der Waals surface area (Å²) in [6.45, 7) is 5.50. The number of amides is 1. The van der Waals surface area contributed by atoms with Crippen LogP contribution in [0.15, 0.2) is 30.6 Å². The summed E-state index contributed by atoms with van der Waals surface area (Å²) in [6, 6.07) is 6.16. The molecule has 1 aromatic heterocycles. The lowest BCUT2D eigenvalue weighted by atomic mass is 9.89. The van der Waals surface area contributed by atoms with E-state index in [1.807, 2.05) is 43.3 Å². The Morgan fingerprint density at radius 1 is 1.42 bits per heavy atom. The van der Waals surface area contributed by atoms with Crippen molar-refractivity contribution in [1.82, 2.24) is 14.7 Å². The monoisotopic (exact) mass is 326 g/mol. The number of likely N-dealkylation sites (tertiary alicyclic amines) is 1. The van der Waals surface area contributed by atoms with Gasteiger partial charge >= 0.3 is 0 Å². The number of aromatic nitrogens is 2. The molecule has 0 saturated carbocycles. The molecule has 0 spiro atoms. The number of hydrogen-bond donors (Lipinski definition) is 1. The summed E-state index contributed by atoms with van der Waals surface area (Å²) in [7, 11) is 1.88. The Morgan fingerprint density at radius 3 is 2.88 bits per heavy atom. The summed E-state index contributed by atoms with van der Waals surface area (Å²) >= 11 is 0. The second-order valence-electron chi connectivity index (χ2n) is 6.87. The van der Waals surface area contributed by atoms with Crippen molar-refractivity contribution in [2.45, 2.75) is 32.7 Å². The molecule has 1 aromatic carbocycles. The Labute approximate surface area is 143 Å². The third-order valence-electron chi connectivity index (χ3n) is 5.04. The van der Waals surface area contributed by atoms with Crippen molar-refractivity contribution in [3.8, 4) is 11.1 Å². The van der Waals surface area contributed by atoms with Crippen LogP contribution in [-0.4, -0.2) is 39.7 Å². The summed E-state index contributed by atoms with van der Waals surface area (Å²) in [4.78, 5) is 15.3. The summed E-state index contributed by atoms with van der Waals surface area (Å²) in [5.74, 6) is 0.527. The number of benzene rings is 1. The average Bonchev–Trinajstić information content (AvgIpc) is 3.00. The van der Waals surface area contributed by atoms with Crippen molar-refractivity contribution in [3.05, 3.63) is 41.7 Å². The second kappa shape index (κ2) is 6.77. The summed E-state index contributed by atoms with van der Waals surface area (Å²) < 4.78 is 1.76. The van der Waals surface area contributed by atoms with Crippen molar-refractivity contribution in [2.24, 2.45) is 18.7 Å². The molecule has 24 heavy (non-hydrogen) atoms. The Kier molecular flexibility index (Phi) is 4.71. The van der Waals surface area contributed by atoms with E-state index in [0.29, 0.717) is 12.5 Å². The quantitative estimate of drug-likeness (QED) is 0.943. The van der Waals surface area contributed by atoms with E-state index in [0.717, 1.165) is 41.6 Å². The normalized spacial score (nSPS) is 21.1. The molecule has 1 fully saturated rings. The molecule has 0 radical (unpaired) electrons. The number of aryl methyl sites for hydroxylation is 2. The smallest absolute Gasteiger partial charge is 0.254 e. The van der Waals surface area contributed by atoms with E-state index < -0.39 is 0 Å². The molecular weight excluding hydrogens is 300 g/mol. The lowest BCUT2D eigenvalue weighted by Crippen LogP contribution is -2.51. The van der Waals surface area contributed by atoms with Gasteiger partial charge in [0.1, 0.15) is 0 Å². The molecule has 3 rings (SSSR count). The van der Waals surface area contributed by atoms with Crippen LogP contribution in [0, 0.1) is 12.8 Å². The van der Waals surface area contributed by atoms with Crippen LogP contribution in [0.4, 0.5) is 0 Å². The van der Waals surface area contributed by atoms with E-state index in [2.05, 4.69) is 12.0 Å². The van der Waals surface area contributed by atoms with Crippen LogP contribution in [0.25, 0.3) is 11.1 Å². The van der Waals surface area contributed by atoms with Crippen LogP contribution in [0.2, 0.25) is 0 Å². The predicted octanol–water partition coefficient (Wildman–Crippen LogP) is 2.59. The van der Waals surface area contributed by atoms with E-state index in [9.17, 15) is 4.79 Å². The minimum Gasteiger partial charge on any atom is -0.334 e. The number of nitrogens with zero attached hydrogens (tertiary/aromatic N) is 3. The van der Waals surface area contributed by atoms with Gasteiger partial charge in [0, 0.05) is 43.5 Å². The first-order valence-corrected chi connectivity index (χ1v) is 8.62. The SMILES string of the molecule is Cc1ccc(-c2cnn(C)c2)c(C(=O)N2CCCC(C)C2CN)c1. The molecule has 2 unspecified atom stereocenters. The minimum atomic E-state index is 0.0829. The topological polar surface area (TPSA) is 64.2 Å². The van der Waals surface area contributed by atoms with Gasteiger partial charge in [-0.2, -0.15) is 5.10 Å². The highest BCUT2D eigenvalue weighted by Crippen LogP contribution is 2.29. The van der Waals surface area contributed by atoms with E-state index in [1.54, 1.807) is 10.9 Å². The molecule has 1 aliphatic rings. The fraction of sp³-hybridized carbons (Fsp3) is 0.474. The first kappa shape index (κ1) is 16.7.